The van der Waals surface area contributed by atoms with Crippen LogP contribution in [0.1, 0.15) is 22.6 Å². The summed E-state index contributed by atoms with van der Waals surface area (Å²) in [6, 6.07) is 18.9. The monoisotopic (exact) mass is 277 g/mol. The summed E-state index contributed by atoms with van der Waals surface area (Å²) in [5, 5.41) is 0. The molecule has 0 bridgehead atoms. The summed E-state index contributed by atoms with van der Waals surface area (Å²) >= 11 is 0. The zero-order valence-electron chi connectivity index (χ0n) is 12.0. The molecule has 0 N–H and O–H groups in total. The van der Waals surface area contributed by atoms with Crippen molar-refractivity contribution in [2.24, 2.45) is 0 Å². The normalized spacial score (nSPS) is 17.7. The van der Waals surface area contributed by atoms with Crippen molar-refractivity contribution in [3.63, 3.8) is 0 Å². The smallest absolute Gasteiger partial charge is 0.245 e. The van der Waals surface area contributed by atoms with Crippen LogP contribution < -0.4 is 0 Å². The Morgan fingerprint density at radius 1 is 1.10 bits per heavy atom. The minimum Gasteiger partial charge on any atom is -0.338 e. The Morgan fingerprint density at radius 3 is 2.57 bits per heavy atom. The Labute approximate surface area is 125 Å². The van der Waals surface area contributed by atoms with Gasteiger partial charge in [-0.05, 0) is 29.2 Å². The maximum Gasteiger partial charge on any atom is 0.245 e. The quantitative estimate of drug-likeness (QED) is 0.771. The highest BCUT2D eigenvalue weighted by Crippen LogP contribution is 2.31. The van der Waals surface area contributed by atoms with Gasteiger partial charge < -0.3 is 4.90 Å². The van der Waals surface area contributed by atoms with Crippen molar-refractivity contribution in [1.82, 2.24) is 4.90 Å². The van der Waals surface area contributed by atoms with Crippen LogP contribution in [0.25, 0.3) is 0 Å². The molecule has 0 aliphatic carbocycles. The summed E-state index contributed by atoms with van der Waals surface area (Å²) in [5.74, 6) is 0.248. The molecule has 21 heavy (non-hydrogen) atoms. The molecule has 1 aliphatic rings. The van der Waals surface area contributed by atoms with Gasteiger partial charge in [0.25, 0.3) is 0 Å². The second kappa shape index (κ2) is 5.96. The van der Waals surface area contributed by atoms with Gasteiger partial charge in [0.2, 0.25) is 5.91 Å². The van der Waals surface area contributed by atoms with Crippen molar-refractivity contribution in [1.29, 1.82) is 0 Å². The minimum absolute atomic E-state index is 0.0173. The molecule has 2 heteroatoms. The van der Waals surface area contributed by atoms with Crippen LogP contribution in [0.15, 0.2) is 67.3 Å². The lowest BCUT2D eigenvalue weighted by Gasteiger charge is -2.24. The van der Waals surface area contributed by atoms with Gasteiger partial charge in [0.15, 0.2) is 0 Å². The summed E-state index contributed by atoms with van der Waals surface area (Å²) < 4.78 is 0. The van der Waals surface area contributed by atoms with Crippen LogP contribution in [0, 0.1) is 0 Å². The summed E-state index contributed by atoms with van der Waals surface area (Å²) in [6.45, 7) is 5.09. The predicted molar refractivity (Wildman–Crippen MR) is 85.2 cm³/mol. The molecule has 3 rings (SSSR count). The van der Waals surface area contributed by atoms with Crippen LogP contribution in [0.4, 0.5) is 0 Å². The third-order valence-electron chi connectivity index (χ3n) is 4.17. The number of benzene rings is 2. The summed E-state index contributed by atoms with van der Waals surface area (Å²) in [5.41, 5.74) is 3.93. The number of carbonyl (C=O) groups is 1. The van der Waals surface area contributed by atoms with E-state index in [4.69, 9.17) is 0 Å². The molecule has 2 aromatic rings. The van der Waals surface area contributed by atoms with Crippen molar-refractivity contribution in [3.8, 4) is 0 Å². The molecule has 0 radical (unpaired) electrons. The molecule has 0 saturated heterocycles. The fraction of sp³-hybridized carbons (Fsp3) is 0.211. The number of amides is 1. The summed E-state index contributed by atoms with van der Waals surface area (Å²) in [7, 11) is 0. The number of carbonyl (C=O) groups excluding carboxylic acids is 1. The van der Waals surface area contributed by atoms with Crippen LogP contribution in [0.3, 0.4) is 0 Å². The van der Waals surface area contributed by atoms with E-state index in [1.807, 2.05) is 11.0 Å². The van der Waals surface area contributed by atoms with Gasteiger partial charge in [-0.15, -0.1) is 0 Å². The lowest BCUT2D eigenvalue weighted by atomic mass is 9.88. The molecule has 1 aliphatic heterocycles. The van der Waals surface area contributed by atoms with Gasteiger partial charge in [-0.25, -0.2) is 0 Å². The van der Waals surface area contributed by atoms with Crippen molar-refractivity contribution in [2.75, 3.05) is 13.1 Å². The standard InChI is InChI=1S/C19H19NO/c1-2-19(21)20-13-12-16-10-6-7-11-17(16)18(14-20)15-8-4-3-5-9-15/h2-11,18H,1,12-14H2/t18-/m0/s1. The van der Waals surface area contributed by atoms with E-state index in [1.165, 1.54) is 22.8 Å². The van der Waals surface area contributed by atoms with Crippen molar-refractivity contribution < 1.29 is 4.79 Å². The molecule has 0 fully saturated rings. The zero-order chi connectivity index (χ0) is 14.7. The first kappa shape index (κ1) is 13.6. The van der Waals surface area contributed by atoms with Crippen molar-refractivity contribution in [3.05, 3.63) is 83.9 Å². The van der Waals surface area contributed by atoms with Crippen LogP contribution in [0.2, 0.25) is 0 Å². The number of rotatable bonds is 2. The predicted octanol–water partition coefficient (Wildman–Crippen LogP) is 3.39. The first-order valence-electron chi connectivity index (χ1n) is 7.33. The molecule has 0 spiro atoms. The van der Waals surface area contributed by atoms with E-state index >= 15 is 0 Å². The molecule has 2 nitrogen and oxygen atoms in total. The molecular formula is C19H19NO. The third-order valence-corrected chi connectivity index (χ3v) is 4.17. The van der Waals surface area contributed by atoms with E-state index in [0.29, 0.717) is 6.54 Å². The first-order valence-corrected chi connectivity index (χ1v) is 7.33. The molecule has 1 atom stereocenters. The molecule has 0 saturated carbocycles. The van der Waals surface area contributed by atoms with Crippen LogP contribution in [0.5, 0.6) is 0 Å². The molecule has 106 valence electrons. The van der Waals surface area contributed by atoms with E-state index in [9.17, 15) is 4.79 Å². The fourth-order valence-electron chi connectivity index (χ4n) is 3.07. The largest absolute Gasteiger partial charge is 0.338 e. The van der Waals surface area contributed by atoms with E-state index in [-0.39, 0.29) is 11.8 Å². The summed E-state index contributed by atoms with van der Waals surface area (Å²) in [6.07, 6.45) is 2.32. The van der Waals surface area contributed by atoms with E-state index in [0.717, 1.165) is 13.0 Å². The SMILES string of the molecule is C=CC(=O)N1CCc2ccccc2[C@H](c2ccccc2)C1. The van der Waals surface area contributed by atoms with Gasteiger partial charge in [0, 0.05) is 19.0 Å². The summed E-state index contributed by atoms with van der Waals surface area (Å²) in [4.78, 5) is 14.0. The van der Waals surface area contributed by atoms with E-state index in [2.05, 4.69) is 55.1 Å². The molecule has 0 aromatic heterocycles. The lowest BCUT2D eigenvalue weighted by molar-refractivity contribution is -0.126. The number of nitrogens with zero attached hydrogens (tertiary/aromatic N) is 1. The Kier molecular flexibility index (Phi) is 3.87. The van der Waals surface area contributed by atoms with Crippen molar-refractivity contribution in [2.45, 2.75) is 12.3 Å². The van der Waals surface area contributed by atoms with Crippen LogP contribution in [-0.4, -0.2) is 23.9 Å². The van der Waals surface area contributed by atoms with Gasteiger partial charge in [-0.1, -0.05) is 61.2 Å². The van der Waals surface area contributed by atoms with Gasteiger partial charge in [-0.2, -0.15) is 0 Å². The Balaban J connectivity index is 2.04. The molecule has 1 amide bonds. The fourth-order valence-corrected chi connectivity index (χ4v) is 3.07. The number of fused-ring (bicyclic) bond motifs is 1. The highest BCUT2D eigenvalue weighted by Gasteiger charge is 2.25. The third kappa shape index (κ3) is 2.75. The second-order valence-corrected chi connectivity index (χ2v) is 5.40. The van der Waals surface area contributed by atoms with Gasteiger partial charge >= 0.3 is 0 Å². The first-order chi connectivity index (χ1) is 10.3. The molecule has 2 aromatic carbocycles. The average Bonchev–Trinajstić information content (AvgIpc) is 2.75. The zero-order valence-corrected chi connectivity index (χ0v) is 12.0. The molecule has 1 heterocycles. The average molecular weight is 277 g/mol. The molecular weight excluding hydrogens is 258 g/mol. The Bertz CT molecular complexity index is 648. The molecule has 0 unspecified atom stereocenters. The van der Waals surface area contributed by atoms with Gasteiger partial charge in [0.05, 0.1) is 0 Å². The van der Waals surface area contributed by atoms with Gasteiger partial charge in [-0.3, -0.25) is 4.79 Å². The van der Waals surface area contributed by atoms with Crippen molar-refractivity contribution >= 4 is 5.91 Å². The van der Waals surface area contributed by atoms with Crippen LogP contribution in [-0.2, 0) is 11.2 Å². The Morgan fingerprint density at radius 2 is 1.81 bits per heavy atom. The topological polar surface area (TPSA) is 20.3 Å². The van der Waals surface area contributed by atoms with Gasteiger partial charge in [0.1, 0.15) is 0 Å². The van der Waals surface area contributed by atoms with Crippen LogP contribution >= 0.6 is 0 Å². The lowest BCUT2D eigenvalue weighted by Crippen LogP contribution is -2.33. The highest BCUT2D eigenvalue weighted by atomic mass is 16.2. The second-order valence-electron chi connectivity index (χ2n) is 5.40. The number of hydrogen-bond donors (Lipinski definition) is 0. The maximum absolute atomic E-state index is 12.1. The Hall–Kier alpha value is -2.35. The number of hydrogen-bond acceptors (Lipinski definition) is 1. The van der Waals surface area contributed by atoms with E-state index in [1.54, 1.807) is 0 Å². The minimum atomic E-state index is 0.0173. The maximum atomic E-state index is 12.1. The van der Waals surface area contributed by atoms with E-state index < -0.39 is 0 Å². The highest BCUT2D eigenvalue weighted by molar-refractivity contribution is 5.87.